The van der Waals surface area contributed by atoms with Crippen molar-refractivity contribution >= 4 is 5.91 Å². The van der Waals surface area contributed by atoms with Gasteiger partial charge in [-0.3, -0.25) is 9.89 Å². The number of nitrogens with one attached hydrogen (secondary N) is 2. The van der Waals surface area contributed by atoms with Gasteiger partial charge < -0.3 is 19.2 Å². The summed E-state index contributed by atoms with van der Waals surface area (Å²) in [5.74, 6) is 2.91. The van der Waals surface area contributed by atoms with E-state index in [1.807, 2.05) is 12.1 Å². The second-order valence-corrected chi connectivity index (χ2v) is 5.20. The van der Waals surface area contributed by atoms with E-state index in [0.29, 0.717) is 29.7 Å². The summed E-state index contributed by atoms with van der Waals surface area (Å²) in [6, 6.07) is 10.8. The van der Waals surface area contributed by atoms with Gasteiger partial charge in [0, 0.05) is 0 Å². The number of carbonyl (C=O) groups excluding carboxylic acids is 1. The molecule has 3 aromatic rings. The number of aromatic nitrogens is 3. The van der Waals surface area contributed by atoms with E-state index < -0.39 is 0 Å². The molecule has 0 saturated heterocycles. The number of amides is 1. The highest BCUT2D eigenvalue weighted by molar-refractivity contribution is 5.77. The monoisotopic (exact) mass is 342 g/mol. The van der Waals surface area contributed by atoms with E-state index in [2.05, 4.69) is 20.5 Å². The van der Waals surface area contributed by atoms with Crippen LogP contribution in [0.4, 0.5) is 0 Å². The molecule has 2 heterocycles. The van der Waals surface area contributed by atoms with Crippen molar-refractivity contribution < 1.29 is 18.7 Å². The number of nitrogens with zero attached hydrogens (tertiary/aromatic N) is 2. The molecule has 8 heteroatoms. The molecule has 1 aromatic carbocycles. The van der Waals surface area contributed by atoms with Crippen molar-refractivity contribution in [1.82, 2.24) is 20.5 Å². The Labute approximate surface area is 144 Å². The lowest BCUT2D eigenvalue weighted by atomic mass is 10.3. The molecular formula is C17H18N4O4. The van der Waals surface area contributed by atoms with E-state index in [0.717, 1.165) is 5.75 Å². The number of furan rings is 1. The van der Waals surface area contributed by atoms with Crippen molar-refractivity contribution in [2.45, 2.75) is 19.6 Å². The average Bonchev–Trinajstić information content (AvgIpc) is 3.30. The molecule has 2 aromatic heterocycles. The minimum Gasteiger partial charge on any atom is -0.497 e. The van der Waals surface area contributed by atoms with Gasteiger partial charge in [0.15, 0.2) is 11.6 Å². The number of methoxy groups -OCH3 is 1. The molecule has 8 nitrogen and oxygen atoms in total. The molecule has 0 spiro atoms. The van der Waals surface area contributed by atoms with Gasteiger partial charge in [-0.15, -0.1) is 0 Å². The molecule has 1 amide bonds. The van der Waals surface area contributed by atoms with E-state index in [-0.39, 0.29) is 18.9 Å². The molecule has 0 unspecified atom stereocenters. The number of rotatable bonds is 8. The van der Waals surface area contributed by atoms with Crippen LogP contribution in [-0.4, -0.2) is 28.2 Å². The van der Waals surface area contributed by atoms with Crippen LogP contribution in [-0.2, 0) is 24.4 Å². The Morgan fingerprint density at radius 2 is 2.04 bits per heavy atom. The predicted octanol–water partition coefficient (Wildman–Crippen LogP) is 1.84. The smallest absolute Gasteiger partial charge is 0.228 e. The highest BCUT2D eigenvalue weighted by atomic mass is 16.5. The molecule has 0 atom stereocenters. The zero-order valence-corrected chi connectivity index (χ0v) is 13.7. The first-order valence-corrected chi connectivity index (χ1v) is 7.69. The van der Waals surface area contributed by atoms with Gasteiger partial charge in [-0.2, -0.15) is 5.10 Å². The second kappa shape index (κ2) is 8.00. The number of hydrogen-bond acceptors (Lipinski definition) is 6. The SMILES string of the molecule is COc1ccc(OCc2nc(CC(=O)NCc3ccco3)n[nH]2)cc1. The molecule has 2 N–H and O–H groups in total. The van der Waals surface area contributed by atoms with Gasteiger partial charge in [-0.05, 0) is 36.4 Å². The van der Waals surface area contributed by atoms with Crippen LogP contribution in [0.2, 0.25) is 0 Å². The third-order valence-electron chi connectivity index (χ3n) is 3.37. The zero-order chi connectivity index (χ0) is 17.5. The number of aromatic amines is 1. The zero-order valence-electron chi connectivity index (χ0n) is 13.7. The molecule has 0 aliphatic rings. The quantitative estimate of drug-likeness (QED) is 0.648. The van der Waals surface area contributed by atoms with Gasteiger partial charge in [0.05, 0.1) is 26.3 Å². The van der Waals surface area contributed by atoms with Crippen LogP contribution in [0.25, 0.3) is 0 Å². The van der Waals surface area contributed by atoms with E-state index in [1.165, 1.54) is 0 Å². The number of carbonyl (C=O) groups is 1. The molecule has 0 fully saturated rings. The van der Waals surface area contributed by atoms with Crippen molar-refractivity contribution in [3.63, 3.8) is 0 Å². The fourth-order valence-corrected chi connectivity index (χ4v) is 2.11. The molecule has 0 saturated carbocycles. The third kappa shape index (κ3) is 4.84. The Kier molecular flexibility index (Phi) is 5.30. The Bertz CT molecular complexity index is 796. The van der Waals surface area contributed by atoms with Crippen molar-refractivity contribution in [2.75, 3.05) is 7.11 Å². The minimum atomic E-state index is -0.182. The van der Waals surface area contributed by atoms with Crippen molar-refractivity contribution in [1.29, 1.82) is 0 Å². The topological polar surface area (TPSA) is 102 Å². The Morgan fingerprint density at radius 3 is 2.76 bits per heavy atom. The fourth-order valence-electron chi connectivity index (χ4n) is 2.11. The highest BCUT2D eigenvalue weighted by Crippen LogP contribution is 2.17. The molecular weight excluding hydrogens is 324 g/mol. The average molecular weight is 342 g/mol. The summed E-state index contributed by atoms with van der Waals surface area (Å²) >= 11 is 0. The van der Waals surface area contributed by atoms with Crippen molar-refractivity contribution in [2.24, 2.45) is 0 Å². The Morgan fingerprint density at radius 1 is 1.24 bits per heavy atom. The molecule has 130 valence electrons. The van der Waals surface area contributed by atoms with E-state index in [1.54, 1.807) is 37.6 Å². The lowest BCUT2D eigenvalue weighted by Gasteiger charge is -2.04. The largest absolute Gasteiger partial charge is 0.497 e. The second-order valence-electron chi connectivity index (χ2n) is 5.20. The van der Waals surface area contributed by atoms with Crippen LogP contribution in [0.5, 0.6) is 11.5 Å². The highest BCUT2D eigenvalue weighted by Gasteiger charge is 2.10. The molecule has 0 radical (unpaired) electrons. The molecule has 25 heavy (non-hydrogen) atoms. The summed E-state index contributed by atoms with van der Waals surface area (Å²) in [5.41, 5.74) is 0. The van der Waals surface area contributed by atoms with Gasteiger partial charge in [-0.1, -0.05) is 0 Å². The molecule has 0 aliphatic carbocycles. The normalized spacial score (nSPS) is 10.4. The van der Waals surface area contributed by atoms with Gasteiger partial charge in [0.1, 0.15) is 23.9 Å². The number of ether oxygens (including phenoxy) is 2. The van der Waals surface area contributed by atoms with E-state index in [9.17, 15) is 4.79 Å². The summed E-state index contributed by atoms with van der Waals surface area (Å²) in [7, 11) is 1.61. The number of H-pyrrole nitrogens is 1. The Balaban J connectivity index is 1.45. The summed E-state index contributed by atoms with van der Waals surface area (Å²) in [5, 5.41) is 9.53. The first-order valence-electron chi connectivity index (χ1n) is 7.69. The van der Waals surface area contributed by atoms with Crippen molar-refractivity contribution in [3.8, 4) is 11.5 Å². The maximum absolute atomic E-state index is 11.9. The molecule has 3 rings (SSSR count). The van der Waals surface area contributed by atoms with Crippen LogP contribution >= 0.6 is 0 Å². The summed E-state index contributed by atoms with van der Waals surface area (Å²) in [6.07, 6.45) is 1.64. The van der Waals surface area contributed by atoms with Gasteiger partial charge in [0.25, 0.3) is 0 Å². The Hall–Kier alpha value is -3.29. The number of hydrogen-bond donors (Lipinski definition) is 2. The van der Waals surface area contributed by atoms with Gasteiger partial charge >= 0.3 is 0 Å². The van der Waals surface area contributed by atoms with E-state index in [4.69, 9.17) is 13.9 Å². The summed E-state index contributed by atoms with van der Waals surface area (Å²) < 4.78 is 15.8. The van der Waals surface area contributed by atoms with Crippen molar-refractivity contribution in [3.05, 3.63) is 60.1 Å². The standard InChI is InChI=1S/C17H18N4O4/c1-23-12-4-6-13(7-5-12)25-11-16-19-15(20-21-16)9-17(22)18-10-14-3-2-8-24-14/h2-8H,9-11H2,1H3,(H,18,22)(H,19,20,21). The van der Waals surface area contributed by atoms with Crippen LogP contribution in [0.1, 0.15) is 17.4 Å². The first kappa shape index (κ1) is 16.6. The predicted molar refractivity (Wildman–Crippen MR) is 88.0 cm³/mol. The van der Waals surface area contributed by atoms with Gasteiger partial charge in [-0.25, -0.2) is 4.98 Å². The van der Waals surface area contributed by atoms with Crippen LogP contribution in [0.15, 0.2) is 47.1 Å². The maximum atomic E-state index is 11.9. The molecule has 0 aliphatic heterocycles. The summed E-state index contributed by atoms with van der Waals surface area (Å²) in [6.45, 7) is 0.567. The fraction of sp³-hybridized carbons (Fsp3) is 0.235. The molecule has 0 bridgehead atoms. The van der Waals surface area contributed by atoms with Crippen LogP contribution in [0.3, 0.4) is 0 Å². The number of benzene rings is 1. The lowest BCUT2D eigenvalue weighted by Crippen LogP contribution is -2.24. The van der Waals surface area contributed by atoms with Gasteiger partial charge in [0.2, 0.25) is 5.91 Å². The minimum absolute atomic E-state index is 0.0831. The van der Waals surface area contributed by atoms with Crippen LogP contribution in [0, 0.1) is 0 Å². The lowest BCUT2D eigenvalue weighted by molar-refractivity contribution is -0.120. The van der Waals surface area contributed by atoms with E-state index >= 15 is 0 Å². The first-order chi connectivity index (χ1) is 12.2. The summed E-state index contributed by atoms with van der Waals surface area (Å²) in [4.78, 5) is 16.1. The third-order valence-corrected chi connectivity index (χ3v) is 3.37. The maximum Gasteiger partial charge on any atom is 0.228 e. The van der Waals surface area contributed by atoms with Crippen LogP contribution < -0.4 is 14.8 Å².